The molecule has 0 atom stereocenters. The molecule has 0 unspecified atom stereocenters. The Morgan fingerprint density at radius 3 is 2.81 bits per heavy atom. The first-order valence-corrected chi connectivity index (χ1v) is 9.06. The van der Waals surface area contributed by atoms with Crippen molar-refractivity contribution >= 4 is 11.7 Å². The van der Waals surface area contributed by atoms with Crippen LogP contribution in [0.15, 0.2) is 53.1 Å². The number of benzene rings is 1. The zero-order valence-electron chi connectivity index (χ0n) is 14.9. The van der Waals surface area contributed by atoms with Gasteiger partial charge >= 0.3 is 0 Å². The standard InChI is InChI=1S/C20H21FN4O2/c21-16-5-3-4-15(12-16)13-25-11-8-19(23-25)22-20(26)18-7-6-17(27-18)14-24-9-1-2-10-24/h3-8,11-12H,1-2,9-10,13-14H2,(H,22,23,26). The van der Waals surface area contributed by atoms with Gasteiger partial charge in [0.25, 0.3) is 5.91 Å². The molecule has 1 aliphatic heterocycles. The number of hydrogen-bond acceptors (Lipinski definition) is 4. The molecule has 0 spiro atoms. The molecule has 140 valence electrons. The highest BCUT2D eigenvalue weighted by molar-refractivity contribution is 6.01. The first-order chi connectivity index (χ1) is 13.2. The van der Waals surface area contributed by atoms with Crippen molar-refractivity contribution in [3.63, 3.8) is 0 Å². The fourth-order valence-electron chi connectivity index (χ4n) is 3.26. The summed E-state index contributed by atoms with van der Waals surface area (Å²) in [5.41, 5.74) is 0.800. The Labute approximate surface area is 156 Å². The summed E-state index contributed by atoms with van der Waals surface area (Å²) in [6.45, 7) is 3.31. The molecule has 0 aliphatic carbocycles. The van der Waals surface area contributed by atoms with Crippen LogP contribution < -0.4 is 5.32 Å². The maximum Gasteiger partial charge on any atom is 0.292 e. The maximum absolute atomic E-state index is 13.3. The molecule has 1 N–H and O–H groups in total. The van der Waals surface area contributed by atoms with E-state index in [1.165, 1.54) is 25.0 Å². The largest absolute Gasteiger partial charge is 0.455 e. The number of hydrogen-bond donors (Lipinski definition) is 1. The van der Waals surface area contributed by atoms with Gasteiger partial charge in [-0.25, -0.2) is 4.39 Å². The first-order valence-electron chi connectivity index (χ1n) is 9.06. The summed E-state index contributed by atoms with van der Waals surface area (Å²) in [7, 11) is 0. The van der Waals surface area contributed by atoms with Crippen molar-refractivity contribution in [3.8, 4) is 0 Å². The molecule has 4 rings (SSSR count). The minimum Gasteiger partial charge on any atom is -0.455 e. The Kier molecular flexibility index (Phi) is 5.02. The predicted octanol–water partition coefficient (Wildman–Crippen LogP) is 3.51. The van der Waals surface area contributed by atoms with E-state index in [0.717, 1.165) is 31.0 Å². The number of rotatable bonds is 6. The summed E-state index contributed by atoms with van der Waals surface area (Å²) < 4.78 is 20.6. The fourth-order valence-corrected chi connectivity index (χ4v) is 3.26. The van der Waals surface area contributed by atoms with E-state index in [2.05, 4.69) is 15.3 Å². The highest BCUT2D eigenvalue weighted by Crippen LogP contribution is 2.16. The van der Waals surface area contributed by atoms with Gasteiger partial charge in [0, 0.05) is 12.3 Å². The number of furan rings is 1. The molecule has 3 heterocycles. The van der Waals surface area contributed by atoms with Crippen molar-refractivity contribution in [2.24, 2.45) is 0 Å². The number of nitrogens with one attached hydrogen (secondary N) is 1. The van der Waals surface area contributed by atoms with Gasteiger partial charge in [-0.3, -0.25) is 14.4 Å². The summed E-state index contributed by atoms with van der Waals surface area (Å²) in [6, 6.07) is 11.6. The Morgan fingerprint density at radius 1 is 1.15 bits per heavy atom. The number of halogens is 1. The van der Waals surface area contributed by atoms with Crippen LogP contribution >= 0.6 is 0 Å². The quantitative estimate of drug-likeness (QED) is 0.723. The van der Waals surface area contributed by atoms with E-state index in [1.54, 1.807) is 29.1 Å². The van der Waals surface area contributed by atoms with E-state index >= 15 is 0 Å². The third-order valence-corrected chi connectivity index (χ3v) is 4.58. The maximum atomic E-state index is 13.3. The Balaban J connectivity index is 1.35. The van der Waals surface area contributed by atoms with Crippen molar-refractivity contribution in [2.75, 3.05) is 18.4 Å². The number of anilines is 1. The lowest BCUT2D eigenvalue weighted by atomic mass is 10.2. The molecule has 1 fully saturated rings. The van der Waals surface area contributed by atoms with E-state index in [1.807, 2.05) is 12.1 Å². The monoisotopic (exact) mass is 368 g/mol. The molecule has 2 aromatic heterocycles. The van der Waals surface area contributed by atoms with Gasteiger partial charge in [-0.1, -0.05) is 12.1 Å². The predicted molar refractivity (Wildman–Crippen MR) is 98.9 cm³/mol. The number of carbonyl (C=O) groups is 1. The highest BCUT2D eigenvalue weighted by Gasteiger charge is 2.16. The summed E-state index contributed by atoms with van der Waals surface area (Å²) in [6.07, 6.45) is 4.17. The second-order valence-corrected chi connectivity index (χ2v) is 6.73. The van der Waals surface area contributed by atoms with Crippen molar-refractivity contribution in [3.05, 3.63) is 71.6 Å². The summed E-state index contributed by atoms with van der Waals surface area (Å²) in [5.74, 6) is 0.867. The summed E-state index contributed by atoms with van der Waals surface area (Å²) in [4.78, 5) is 14.7. The molecular formula is C20H21FN4O2. The lowest BCUT2D eigenvalue weighted by Crippen LogP contribution is -2.18. The number of likely N-dealkylation sites (tertiary alicyclic amines) is 1. The van der Waals surface area contributed by atoms with Crippen LogP contribution in [0.3, 0.4) is 0 Å². The molecule has 1 aromatic carbocycles. The summed E-state index contributed by atoms with van der Waals surface area (Å²) >= 11 is 0. The molecule has 1 saturated heterocycles. The number of nitrogens with zero attached hydrogens (tertiary/aromatic N) is 3. The molecule has 27 heavy (non-hydrogen) atoms. The minimum atomic E-state index is -0.335. The normalized spacial score (nSPS) is 14.6. The number of amides is 1. The van der Waals surface area contributed by atoms with Gasteiger partial charge in [0.1, 0.15) is 11.6 Å². The zero-order valence-corrected chi connectivity index (χ0v) is 14.9. The zero-order chi connectivity index (χ0) is 18.6. The molecule has 0 saturated carbocycles. The summed E-state index contributed by atoms with van der Waals surface area (Å²) in [5, 5.41) is 7.03. The van der Waals surface area contributed by atoms with Crippen molar-refractivity contribution < 1.29 is 13.6 Å². The lowest BCUT2D eigenvalue weighted by Gasteiger charge is -2.11. The third-order valence-electron chi connectivity index (χ3n) is 4.58. The van der Waals surface area contributed by atoms with Gasteiger partial charge < -0.3 is 9.73 Å². The molecule has 6 nitrogen and oxygen atoms in total. The van der Waals surface area contributed by atoms with Crippen molar-refractivity contribution in [1.82, 2.24) is 14.7 Å². The number of carbonyl (C=O) groups excluding carboxylic acids is 1. The van der Waals surface area contributed by atoms with Crippen LogP contribution in [0.1, 0.15) is 34.7 Å². The smallest absolute Gasteiger partial charge is 0.292 e. The van der Waals surface area contributed by atoms with Crippen LogP contribution in [0.2, 0.25) is 0 Å². The second-order valence-electron chi connectivity index (χ2n) is 6.73. The van der Waals surface area contributed by atoms with Crippen LogP contribution in [0.5, 0.6) is 0 Å². The van der Waals surface area contributed by atoms with Gasteiger partial charge in [-0.05, 0) is 55.8 Å². The molecule has 1 amide bonds. The van der Waals surface area contributed by atoms with Crippen molar-refractivity contribution in [1.29, 1.82) is 0 Å². The SMILES string of the molecule is O=C(Nc1ccn(Cc2cccc(F)c2)n1)c1ccc(CN2CCCC2)o1. The second kappa shape index (κ2) is 7.75. The van der Waals surface area contributed by atoms with Gasteiger partial charge in [0.2, 0.25) is 0 Å². The van der Waals surface area contributed by atoms with E-state index in [4.69, 9.17) is 4.42 Å². The molecule has 0 bridgehead atoms. The van der Waals surface area contributed by atoms with E-state index in [9.17, 15) is 9.18 Å². The fraction of sp³-hybridized carbons (Fsp3) is 0.300. The van der Waals surface area contributed by atoms with Crippen LogP contribution in [0.25, 0.3) is 0 Å². The number of aromatic nitrogens is 2. The Hall–Kier alpha value is -2.93. The molecule has 7 heteroatoms. The Morgan fingerprint density at radius 2 is 2.00 bits per heavy atom. The van der Waals surface area contributed by atoms with Gasteiger partial charge in [-0.2, -0.15) is 5.10 Å². The third kappa shape index (κ3) is 4.43. The van der Waals surface area contributed by atoms with E-state index in [0.29, 0.717) is 12.4 Å². The Bertz CT molecular complexity index is 927. The van der Waals surface area contributed by atoms with Crippen LogP contribution in [-0.2, 0) is 13.1 Å². The molecule has 1 aliphatic rings. The molecular weight excluding hydrogens is 347 g/mol. The first kappa shape index (κ1) is 17.5. The topological polar surface area (TPSA) is 63.3 Å². The van der Waals surface area contributed by atoms with Gasteiger partial charge in [-0.15, -0.1) is 0 Å². The van der Waals surface area contributed by atoms with E-state index < -0.39 is 0 Å². The average molecular weight is 368 g/mol. The van der Waals surface area contributed by atoms with Crippen LogP contribution in [-0.4, -0.2) is 33.7 Å². The lowest BCUT2D eigenvalue weighted by molar-refractivity contribution is 0.0993. The minimum absolute atomic E-state index is 0.267. The van der Waals surface area contributed by atoms with Crippen LogP contribution in [0, 0.1) is 5.82 Å². The van der Waals surface area contributed by atoms with Gasteiger partial charge in [0.05, 0.1) is 13.1 Å². The van der Waals surface area contributed by atoms with Gasteiger partial charge in [0.15, 0.2) is 11.6 Å². The average Bonchev–Trinajstić information content (AvgIpc) is 3.38. The van der Waals surface area contributed by atoms with Crippen molar-refractivity contribution in [2.45, 2.75) is 25.9 Å². The molecule has 3 aromatic rings. The highest BCUT2D eigenvalue weighted by atomic mass is 19.1. The molecule has 0 radical (unpaired) electrons. The van der Waals surface area contributed by atoms with Crippen LogP contribution in [0.4, 0.5) is 10.2 Å². The van der Waals surface area contributed by atoms with E-state index in [-0.39, 0.29) is 17.5 Å².